The van der Waals surface area contributed by atoms with E-state index in [9.17, 15) is 4.79 Å². The molecular formula is C34H66O2. The molecule has 0 atom stereocenters. The fourth-order valence-corrected chi connectivity index (χ4v) is 4.89. The second-order valence-corrected chi connectivity index (χ2v) is 11.2. The Kier molecular flexibility index (Phi) is 31.5. The fraction of sp³-hybridized carbons (Fsp3) is 0.912. The van der Waals surface area contributed by atoms with Crippen LogP contribution in [-0.2, 0) is 9.53 Å². The van der Waals surface area contributed by atoms with Gasteiger partial charge in [0.1, 0.15) is 0 Å². The van der Waals surface area contributed by atoms with Gasteiger partial charge in [-0.3, -0.25) is 4.79 Å². The molecule has 0 radical (unpaired) electrons. The summed E-state index contributed by atoms with van der Waals surface area (Å²) in [7, 11) is 0. The van der Waals surface area contributed by atoms with Crippen molar-refractivity contribution in [3.63, 3.8) is 0 Å². The normalized spacial score (nSPS) is 11.5. The quantitative estimate of drug-likeness (QED) is 0.0550. The molecule has 0 saturated carbocycles. The predicted octanol–water partition coefficient (Wildman–Crippen LogP) is 12.0. The Balaban J connectivity index is 3.17. The molecule has 0 aliphatic rings. The van der Waals surface area contributed by atoms with Crippen molar-refractivity contribution in [3.8, 4) is 0 Å². The van der Waals surface area contributed by atoms with Crippen molar-refractivity contribution in [2.45, 2.75) is 194 Å². The van der Waals surface area contributed by atoms with Crippen molar-refractivity contribution in [1.29, 1.82) is 0 Å². The Morgan fingerprint density at radius 1 is 0.444 bits per heavy atom. The molecule has 214 valence electrons. The molecule has 0 saturated heterocycles. The average molecular weight is 507 g/mol. The molecule has 0 unspecified atom stereocenters. The highest BCUT2D eigenvalue weighted by atomic mass is 16.5. The molecule has 2 nitrogen and oxygen atoms in total. The highest BCUT2D eigenvalue weighted by molar-refractivity contribution is 5.69. The second kappa shape index (κ2) is 32.2. The summed E-state index contributed by atoms with van der Waals surface area (Å²) in [5.41, 5.74) is 0. The van der Waals surface area contributed by atoms with Gasteiger partial charge in [-0.05, 0) is 38.5 Å². The molecular weight excluding hydrogens is 440 g/mol. The number of hydrogen-bond acceptors (Lipinski definition) is 2. The third kappa shape index (κ3) is 31.2. The lowest BCUT2D eigenvalue weighted by Gasteiger charge is -2.06. The summed E-state index contributed by atoms with van der Waals surface area (Å²) in [5.74, 6) is 0.0214. The van der Waals surface area contributed by atoms with E-state index < -0.39 is 0 Å². The highest BCUT2D eigenvalue weighted by Gasteiger charge is 2.02. The minimum atomic E-state index is 0.0214. The maximum absolute atomic E-state index is 11.9. The van der Waals surface area contributed by atoms with Crippen LogP contribution in [0.5, 0.6) is 0 Å². The van der Waals surface area contributed by atoms with Crippen LogP contribution in [0.3, 0.4) is 0 Å². The van der Waals surface area contributed by atoms with Gasteiger partial charge in [0, 0.05) is 6.42 Å². The van der Waals surface area contributed by atoms with Crippen molar-refractivity contribution < 1.29 is 9.53 Å². The lowest BCUT2D eigenvalue weighted by atomic mass is 10.1. The van der Waals surface area contributed by atoms with Gasteiger partial charge in [0.25, 0.3) is 0 Å². The summed E-state index contributed by atoms with van der Waals surface area (Å²) in [6, 6.07) is 0. The fourth-order valence-electron chi connectivity index (χ4n) is 4.89. The summed E-state index contributed by atoms with van der Waals surface area (Å²) in [6.07, 6.45) is 41.2. The Labute approximate surface area is 227 Å². The standard InChI is InChI=1S/C34H66O2/c1-3-5-7-9-11-13-15-17-18-19-20-21-22-24-26-28-30-32-34(35)36-33-31-29-27-25-23-16-14-12-10-8-6-4-2/h13,15H,3-12,14,16-33H2,1-2H3. The van der Waals surface area contributed by atoms with Gasteiger partial charge in [0.15, 0.2) is 0 Å². The number of rotatable bonds is 30. The molecule has 0 heterocycles. The van der Waals surface area contributed by atoms with Gasteiger partial charge < -0.3 is 4.74 Å². The molecule has 0 bridgehead atoms. The topological polar surface area (TPSA) is 26.3 Å². The van der Waals surface area contributed by atoms with E-state index in [1.807, 2.05) is 0 Å². The van der Waals surface area contributed by atoms with Gasteiger partial charge in [-0.1, -0.05) is 161 Å². The predicted molar refractivity (Wildman–Crippen MR) is 161 cm³/mol. The summed E-state index contributed by atoms with van der Waals surface area (Å²) < 4.78 is 5.42. The summed E-state index contributed by atoms with van der Waals surface area (Å²) in [4.78, 5) is 11.9. The minimum Gasteiger partial charge on any atom is -0.466 e. The van der Waals surface area contributed by atoms with E-state index in [4.69, 9.17) is 4.74 Å². The van der Waals surface area contributed by atoms with Crippen LogP contribution in [0.15, 0.2) is 12.2 Å². The number of allylic oxidation sites excluding steroid dienone is 2. The minimum absolute atomic E-state index is 0.0214. The van der Waals surface area contributed by atoms with E-state index in [-0.39, 0.29) is 5.97 Å². The molecule has 0 spiro atoms. The van der Waals surface area contributed by atoms with Crippen molar-refractivity contribution in [2.24, 2.45) is 0 Å². The van der Waals surface area contributed by atoms with E-state index in [1.54, 1.807) is 0 Å². The van der Waals surface area contributed by atoms with Gasteiger partial charge in [-0.2, -0.15) is 0 Å². The number of esters is 1. The van der Waals surface area contributed by atoms with E-state index in [1.165, 1.54) is 161 Å². The van der Waals surface area contributed by atoms with Crippen molar-refractivity contribution >= 4 is 5.97 Å². The zero-order valence-corrected chi connectivity index (χ0v) is 25.0. The highest BCUT2D eigenvalue weighted by Crippen LogP contribution is 2.14. The number of carbonyl (C=O) groups excluding carboxylic acids is 1. The molecule has 2 heteroatoms. The third-order valence-electron chi connectivity index (χ3n) is 7.40. The Bertz CT molecular complexity index is 442. The number of carbonyl (C=O) groups is 1. The van der Waals surface area contributed by atoms with E-state index >= 15 is 0 Å². The smallest absolute Gasteiger partial charge is 0.305 e. The van der Waals surface area contributed by atoms with Gasteiger partial charge in [0.2, 0.25) is 0 Å². The first-order chi connectivity index (χ1) is 17.8. The first kappa shape index (κ1) is 35.2. The van der Waals surface area contributed by atoms with Gasteiger partial charge in [-0.15, -0.1) is 0 Å². The molecule has 0 aromatic rings. The van der Waals surface area contributed by atoms with Crippen molar-refractivity contribution in [1.82, 2.24) is 0 Å². The molecule has 0 N–H and O–H groups in total. The maximum atomic E-state index is 11.9. The molecule has 0 aromatic carbocycles. The number of ether oxygens (including phenoxy) is 1. The van der Waals surface area contributed by atoms with Gasteiger partial charge >= 0.3 is 5.97 Å². The van der Waals surface area contributed by atoms with E-state index in [2.05, 4.69) is 26.0 Å². The maximum Gasteiger partial charge on any atom is 0.305 e. The lowest BCUT2D eigenvalue weighted by molar-refractivity contribution is -0.143. The molecule has 0 amide bonds. The molecule has 0 aromatic heterocycles. The van der Waals surface area contributed by atoms with Crippen molar-refractivity contribution in [3.05, 3.63) is 12.2 Å². The van der Waals surface area contributed by atoms with Crippen LogP contribution >= 0.6 is 0 Å². The summed E-state index contributed by atoms with van der Waals surface area (Å²) in [5, 5.41) is 0. The van der Waals surface area contributed by atoms with Crippen LogP contribution in [0, 0.1) is 0 Å². The molecule has 0 aliphatic carbocycles. The van der Waals surface area contributed by atoms with Crippen LogP contribution < -0.4 is 0 Å². The molecule has 0 rings (SSSR count). The number of unbranched alkanes of at least 4 members (excludes halogenated alkanes) is 24. The zero-order valence-electron chi connectivity index (χ0n) is 25.0. The van der Waals surface area contributed by atoms with Crippen molar-refractivity contribution in [2.75, 3.05) is 6.61 Å². The van der Waals surface area contributed by atoms with Crippen LogP contribution in [0.4, 0.5) is 0 Å². The summed E-state index contributed by atoms with van der Waals surface area (Å²) in [6.45, 7) is 5.18. The van der Waals surface area contributed by atoms with Crippen LogP contribution in [0.25, 0.3) is 0 Å². The Morgan fingerprint density at radius 3 is 1.22 bits per heavy atom. The molecule has 0 fully saturated rings. The first-order valence-corrected chi connectivity index (χ1v) is 16.6. The third-order valence-corrected chi connectivity index (χ3v) is 7.40. The van der Waals surface area contributed by atoms with Gasteiger partial charge in [0.05, 0.1) is 6.61 Å². The van der Waals surface area contributed by atoms with Gasteiger partial charge in [-0.25, -0.2) is 0 Å². The van der Waals surface area contributed by atoms with E-state index in [0.717, 1.165) is 12.8 Å². The molecule has 36 heavy (non-hydrogen) atoms. The van der Waals surface area contributed by atoms with Crippen LogP contribution in [0.2, 0.25) is 0 Å². The SMILES string of the molecule is CCCCCCC=CCCCCCCCCCCCC(=O)OCCCCCCCCCCCCCC. The monoisotopic (exact) mass is 507 g/mol. The summed E-state index contributed by atoms with van der Waals surface area (Å²) >= 11 is 0. The second-order valence-electron chi connectivity index (χ2n) is 11.2. The van der Waals surface area contributed by atoms with E-state index in [0.29, 0.717) is 13.0 Å². The Hall–Kier alpha value is -0.790. The van der Waals surface area contributed by atoms with Crippen LogP contribution in [0.1, 0.15) is 194 Å². The first-order valence-electron chi connectivity index (χ1n) is 16.6. The Morgan fingerprint density at radius 2 is 0.778 bits per heavy atom. The largest absolute Gasteiger partial charge is 0.466 e. The average Bonchev–Trinajstić information content (AvgIpc) is 2.88. The lowest BCUT2D eigenvalue weighted by Crippen LogP contribution is -2.05. The molecule has 0 aliphatic heterocycles. The van der Waals surface area contributed by atoms with Crippen LogP contribution in [-0.4, -0.2) is 12.6 Å². The zero-order chi connectivity index (χ0) is 26.2. The number of hydrogen-bond donors (Lipinski definition) is 0.